The second-order valence-electron chi connectivity index (χ2n) is 8.58. The molecule has 0 radical (unpaired) electrons. The number of para-hydroxylation sites is 1. The molecule has 0 bridgehead atoms. The van der Waals surface area contributed by atoms with E-state index in [4.69, 9.17) is 9.84 Å². The highest BCUT2D eigenvalue weighted by Crippen LogP contribution is 2.36. The van der Waals surface area contributed by atoms with Crippen LogP contribution >= 0.6 is 15.9 Å². The molecule has 10 nitrogen and oxygen atoms in total. The lowest BCUT2D eigenvalue weighted by molar-refractivity contribution is -0.386. The molecule has 5 rings (SSSR count). The molecule has 1 aromatic heterocycles. The van der Waals surface area contributed by atoms with E-state index >= 15 is 0 Å². The fraction of sp³-hybridized carbons (Fsp3) is 0.0345. The average Bonchev–Trinajstić information content (AvgIpc) is 2.96. The third-order valence-corrected chi connectivity index (χ3v) is 6.52. The number of nitro groups is 1. The standard InChI is InChI=1S/C29H19BrN4O6/c30-23-14-19(15-25(34(38)39)26(23)40-17-18-10-12-21(13-11-18)29(36)37)16-31-33-27(20-6-2-1-3-7-20)32-24-9-5-4-8-22(24)28(33)35/h1-16H,17H2,(H,36,37). The Balaban J connectivity index is 1.50. The third kappa shape index (κ3) is 5.49. The highest BCUT2D eigenvalue weighted by molar-refractivity contribution is 9.10. The lowest BCUT2D eigenvalue weighted by Crippen LogP contribution is -2.20. The van der Waals surface area contributed by atoms with Gasteiger partial charge in [0.05, 0.1) is 32.1 Å². The van der Waals surface area contributed by atoms with E-state index < -0.39 is 10.9 Å². The molecule has 0 aliphatic carbocycles. The van der Waals surface area contributed by atoms with Gasteiger partial charge in [0, 0.05) is 17.2 Å². The van der Waals surface area contributed by atoms with Crippen molar-refractivity contribution in [1.82, 2.24) is 9.66 Å². The van der Waals surface area contributed by atoms with E-state index in [0.717, 1.165) is 0 Å². The number of ether oxygens (including phenoxy) is 1. The van der Waals surface area contributed by atoms with Crippen molar-refractivity contribution in [3.63, 3.8) is 0 Å². The Morgan fingerprint density at radius 3 is 2.45 bits per heavy atom. The summed E-state index contributed by atoms with van der Waals surface area (Å²) in [6, 6.07) is 24.9. The normalized spacial score (nSPS) is 11.1. The van der Waals surface area contributed by atoms with Gasteiger partial charge >= 0.3 is 11.7 Å². The van der Waals surface area contributed by atoms with Crippen molar-refractivity contribution in [3.8, 4) is 17.1 Å². The number of halogens is 1. The van der Waals surface area contributed by atoms with Crippen molar-refractivity contribution in [3.05, 3.63) is 133 Å². The van der Waals surface area contributed by atoms with Gasteiger partial charge in [0.1, 0.15) is 6.61 Å². The van der Waals surface area contributed by atoms with E-state index in [1.165, 1.54) is 29.1 Å². The minimum absolute atomic E-state index is 0.000950. The molecule has 40 heavy (non-hydrogen) atoms. The van der Waals surface area contributed by atoms with Crippen LogP contribution in [0.2, 0.25) is 0 Å². The van der Waals surface area contributed by atoms with Crippen molar-refractivity contribution in [2.45, 2.75) is 6.61 Å². The largest absolute Gasteiger partial charge is 0.481 e. The first-order chi connectivity index (χ1) is 19.3. The van der Waals surface area contributed by atoms with Crippen LogP contribution in [0.25, 0.3) is 22.3 Å². The molecular formula is C29H19BrN4O6. The number of nitrogens with zero attached hydrogens (tertiary/aromatic N) is 4. The molecule has 0 saturated heterocycles. The third-order valence-electron chi connectivity index (χ3n) is 5.94. The molecule has 0 fully saturated rings. The van der Waals surface area contributed by atoms with Crippen molar-refractivity contribution < 1.29 is 19.6 Å². The topological polar surface area (TPSA) is 137 Å². The number of carboxylic acids is 1. The number of hydrogen-bond acceptors (Lipinski definition) is 7. The van der Waals surface area contributed by atoms with Crippen molar-refractivity contribution in [2.75, 3.05) is 0 Å². The van der Waals surface area contributed by atoms with Crippen LogP contribution in [0, 0.1) is 10.1 Å². The highest BCUT2D eigenvalue weighted by atomic mass is 79.9. The number of rotatable bonds is 8. The number of hydrogen-bond donors (Lipinski definition) is 1. The number of aromatic carboxylic acids is 1. The summed E-state index contributed by atoms with van der Waals surface area (Å²) in [6.07, 6.45) is 1.34. The van der Waals surface area contributed by atoms with Gasteiger partial charge in [0.25, 0.3) is 5.56 Å². The monoisotopic (exact) mass is 598 g/mol. The molecule has 0 unspecified atom stereocenters. The van der Waals surface area contributed by atoms with E-state index in [1.54, 1.807) is 42.5 Å². The maximum Gasteiger partial charge on any atom is 0.335 e. The minimum atomic E-state index is -1.05. The van der Waals surface area contributed by atoms with Crippen molar-refractivity contribution in [1.29, 1.82) is 0 Å². The zero-order valence-corrected chi connectivity index (χ0v) is 22.2. The molecule has 11 heteroatoms. The van der Waals surface area contributed by atoms with Crippen LogP contribution < -0.4 is 10.3 Å². The van der Waals surface area contributed by atoms with Gasteiger partial charge in [-0.15, -0.1) is 0 Å². The molecule has 5 aromatic rings. The summed E-state index contributed by atoms with van der Waals surface area (Å²) in [6.45, 7) is -0.0225. The number of nitro benzene ring substituents is 1. The molecule has 4 aromatic carbocycles. The summed E-state index contributed by atoms with van der Waals surface area (Å²) < 4.78 is 7.20. The SMILES string of the molecule is O=C(O)c1ccc(COc2c(Br)cc(C=Nn3c(-c4ccccc4)nc4ccccc4c3=O)cc2[N+](=O)[O-])cc1. The van der Waals surface area contributed by atoms with Gasteiger partial charge in [-0.2, -0.15) is 9.78 Å². The first kappa shape index (κ1) is 26.4. The van der Waals surface area contributed by atoms with Crippen molar-refractivity contribution >= 4 is 44.7 Å². The van der Waals surface area contributed by atoms with E-state index in [2.05, 4.69) is 26.0 Å². The summed E-state index contributed by atoms with van der Waals surface area (Å²) >= 11 is 3.35. The molecule has 0 aliphatic rings. The lowest BCUT2D eigenvalue weighted by atomic mass is 10.1. The Bertz CT molecular complexity index is 1840. The summed E-state index contributed by atoms with van der Waals surface area (Å²) in [7, 11) is 0. The summed E-state index contributed by atoms with van der Waals surface area (Å²) in [5.74, 6) is -0.734. The predicted molar refractivity (Wildman–Crippen MR) is 153 cm³/mol. The van der Waals surface area contributed by atoms with E-state index in [9.17, 15) is 19.7 Å². The Kier molecular flexibility index (Phi) is 7.47. The fourth-order valence-corrected chi connectivity index (χ4v) is 4.56. The van der Waals surface area contributed by atoms with Crippen LogP contribution in [0.5, 0.6) is 5.75 Å². The molecule has 0 amide bonds. The van der Waals surface area contributed by atoms with Crippen LogP contribution in [0.3, 0.4) is 0 Å². The van der Waals surface area contributed by atoms with Gasteiger partial charge in [-0.1, -0.05) is 54.6 Å². The Morgan fingerprint density at radius 2 is 1.75 bits per heavy atom. The van der Waals surface area contributed by atoms with Gasteiger partial charge < -0.3 is 9.84 Å². The van der Waals surface area contributed by atoms with Gasteiger partial charge in [0.2, 0.25) is 5.75 Å². The summed E-state index contributed by atoms with van der Waals surface area (Å²) in [5, 5.41) is 25.7. The van der Waals surface area contributed by atoms with Crippen LogP contribution in [0.4, 0.5) is 5.69 Å². The minimum Gasteiger partial charge on any atom is -0.481 e. The maximum atomic E-state index is 13.4. The molecule has 0 saturated carbocycles. The fourth-order valence-electron chi connectivity index (χ4n) is 3.98. The average molecular weight is 599 g/mol. The lowest BCUT2D eigenvalue weighted by Gasteiger charge is -2.11. The number of carbonyl (C=O) groups is 1. The Hall–Kier alpha value is -5.16. The molecule has 1 heterocycles. The Labute approximate surface area is 235 Å². The number of benzene rings is 4. The smallest absolute Gasteiger partial charge is 0.335 e. The zero-order chi connectivity index (χ0) is 28.2. The van der Waals surface area contributed by atoms with Gasteiger partial charge in [-0.25, -0.2) is 9.78 Å². The first-order valence-corrected chi connectivity index (χ1v) is 12.7. The molecule has 0 aliphatic heterocycles. The van der Waals surface area contributed by atoms with Crippen LogP contribution in [0.1, 0.15) is 21.5 Å². The first-order valence-electron chi connectivity index (χ1n) is 11.9. The second kappa shape index (κ2) is 11.3. The number of fused-ring (bicyclic) bond motifs is 1. The maximum absolute atomic E-state index is 13.4. The van der Waals surface area contributed by atoms with Crippen LogP contribution in [-0.2, 0) is 6.61 Å². The van der Waals surface area contributed by atoms with Crippen LogP contribution in [0.15, 0.2) is 105 Å². The molecular weight excluding hydrogens is 580 g/mol. The van der Waals surface area contributed by atoms with Crippen LogP contribution in [-0.4, -0.2) is 31.9 Å². The van der Waals surface area contributed by atoms with E-state index in [-0.39, 0.29) is 29.2 Å². The van der Waals surface area contributed by atoms with E-state index in [1.807, 2.05) is 30.3 Å². The van der Waals surface area contributed by atoms with Gasteiger partial charge in [-0.05, 0) is 51.8 Å². The molecule has 1 N–H and O–H groups in total. The Morgan fingerprint density at radius 1 is 1.05 bits per heavy atom. The molecule has 198 valence electrons. The quantitative estimate of drug-likeness (QED) is 0.133. The van der Waals surface area contributed by atoms with Gasteiger partial charge in [0.15, 0.2) is 5.82 Å². The number of carboxylic acid groups (broad SMARTS) is 1. The zero-order valence-electron chi connectivity index (χ0n) is 20.6. The second-order valence-corrected chi connectivity index (χ2v) is 9.43. The number of aromatic nitrogens is 2. The highest BCUT2D eigenvalue weighted by Gasteiger charge is 2.21. The van der Waals surface area contributed by atoms with Gasteiger partial charge in [-0.3, -0.25) is 14.9 Å². The summed E-state index contributed by atoms with van der Waals surface area (Å²) in [5.41, 5.74) is 1.60. The summed E-state index contributed by atoms with van der Waals surface area (Å²) in [4.78, 5) is 40.4. The molecule has 0 atom stereocenters. The predicted octanol–water partition coefficient (Wildman–Crippen LogP) is 5.89. The molecule has 0 spiro atoms. The van der Waals surface area contributed by atoms with Crippen molar-refractivity contribution in [2.24, 2.45) is 5.10 Å². The van der Waals surface area contributed by atoms with E-state index in [0.29, 0.717) is 37.9 Å².